The van der Waals surface area contributed by atoms with E-state index in [4.69, 9.17) is 23.8 Å². The van der Waals surface area contributed by atoms with Gasteiger partial charge >= 0.3 is 0 Å². The van der Waals surface area contributed by atoms with Crippen molar-refractivity contribution in [2.24, 2.45) is 0 Å². The molecule has 0 N–H and O–H groups in total. The van der Waals surface area contributed by atoms with Gasteiger partial charge < -0.3 is 13.7 Å². The fourth-order valence-corrected chi connectivity index (χ4v) is 8.65. The number of furan rings is 2. The Balaban J connectivity index is 1.01. The maximum absolute atomic E-state index is 6.67. The predicted molar refractivity (Wildman–Crippen MR) is 248 cm³/mol. The highest BCUT2D eigenvalue weighted by Crippen LogP contribution is 2.41. The molecule has 0 radical (unpaired) electrons. The molecule has 0 spiro atoms. The molecule has 6 heteroatoms. The molecule has 0 saturated heterocycles. The Hall–Kier alpha value is -8.35. The van der Waals surface area contributed by atoms with Crippen molar-refractivity contribution in [3.05, 3.63) is 206 Å². The van der Waals surface area contributed by atoms with Crippen molar-refractivity contribution in [3.63, 3.8) is 0 Å². The van der Waals surface area contributed by atoms with Gasteiger partial charge in [-0.25, -0.2) is 15.0 Å². The maximum atomic E-state index is 6.67. The zero-order valence-corrected chi connectivity index (χ0v) is 32.7. The normalized spacial score (nSPS) is 11.6. The van der Waals surface area contributed by atoms with E-state index < -0.39 is 0 Å². The summed E-state index contributed by atoms with van der Waals surface area (Å²) >= 11 is 0. The molecule has 12 rings (SSSR count). The molecule has 286 valence electrons. The first kappa shape index (κ1) is 34.7. The van der Waals surface area contributed by atoms with Crippen molar-refractivity contribution in [1.82, 2.24) is 15.0 Å². The molecule has 0 aliphatic carbocycles. The summed E-state index contributed by atoms with van der Waals surface area (Å²) in [7, 11) is 0. The molecule has 0 fully saturated rings. The second-order valence-corrected chi connectivity index (χ2v) is 15.2. The van der Waals surface area contributed by atoms with Crippen molar-refractivity contribution in [2.45, 2.75) is 0 Å². The van der Waals surface area contributed by atoms with Gasteiger partial charge in [-0.3, -0.25) is 0 Å². The Morgan fingerprint density at radius 2 is 0.836 bits per heavy atom. The minimum absolute atomic E-state index is 0.560. The lowest BCUT2D eigenvalue weighted by molar-refractivity contribution is 0.668. The monoisotopic (exact) mass is 782 g/mol. The van der Waals surface area contributed by atoms with Gasteiger partial charge in [-0.15, -0.1) is 0 Å². The van der Waals surface area contributed by atoms with Crippen LogP contribution in [0.5, 0.6) is 0 Å². The third-order valence-corrected chi connectivity index (χ3v) is 11.5. The molecule has 0 amide bonds. The van der Waals surface area contributed by atoms with Crippen LogP contribution >= 0.6 is 0 Å². The van der Waals surface area contributed by atoms with Crippen molar-refractivity contribution >= 4 is 71.7 Å². The standard InChI is InChI=1S/C55H34N4O2/c1-3-17-40(18-4-1)59(41-19-5-2-6-20-41)42-21-11-16-37(33-42)38-30-31-44-50(34-38)61-49-27-13-24-46(52(44)49)55-57-53(39-29-28-35-14-7-8-15-36(35)32-39)56-54(58-55)45-23-12-26-48-51(45)43-22-9-10-25-47(43)60-48/h1-34H. The summed E-state index contributed by atoms with van der Waals surface area (Å²) in [5.41, 5.74) is 11.2. The summed E-state index contributed by atoms with van der Waals surface area (Å²) in [6, 6.07) is 71.0. The number of rotatable bonds is 7. The van der Waals surface area contributed by atoms with Crippen molar-refractivity contribution in [1.29, 1.82) is 0 Å². The average molecular weight is 783 g/mol. The molecule has 0 aliphatic heterocycles. The molecule has 0 saturated carbocycles. The summed E-state index contributed by atoms with van der Waals surface area (Å²) in [5.74, 6) is 1.71. The van der Waals surface area contributed by atoms with Gasteiger partial charge in [0.2, 0.25) is 0 Å². The Morgan fingerprint density at radius 3 is 1.56 bits per heavy atom. The second kappa shape index (κ2) is 14.2. The summed E-state index contributed by atoms with van der Waals surface area (Å²) < 4.78 is 13.0. The van der Waals surface area contributed by atoms with Gasteiger partial charge in [0.05, 0.1) is 0 Å². The molecule has 9 aromatic carbocycles. The van der Waals surface area contributed by atoms with Gasteiger partial charge in [-0.05, 0) is 94.7 Å². The van der Waals surface area contributed by atoms with Crippen molar-refractivity contribution in [3.8, 4) is 45.3 Å². The number of benzene rings is 9. The Kier molecular flexibility index (Phi) is 8.06. The first-order valence-corrected chi connectivity index (χ1v) is 20.3. The number of hydrogen-bond acceptors (Lipinski definition) is 6. The van der Waals surface area contributed by atoms with E-state index in [1.165, 1.54) is 0 Å². The first-order chi connectivity index (χ1) is 30.2. The predicted octanol–water partition coefficient (Wildman–Crippen LogP) is 15.0. The largest absolute Gasteiger partial charge is 0.456 e. The van der Waals surface area contributed by atoms with Gasteiger partial charge in [0, 0.05) is 55.3 Å². The number of nitrogens with zero attached hydrogens (tertiary/aromatic N) is 4. The van der Waals surface area contributed by atoms with Crippen LogP contribution in [0.1, 0.15) is 0 Å². The second-order valence-electron chi connectivity index (χ2n) is 15.2. The quantitative estimate of drug-likeness (QED) is 0.160. The Bertz CT molecular complexity index is 3570. The highest BCUT2D eigenvalue weighted by molar-refractivity contribution is 6.14. The zero-order valence-electron chi connectivity index (χ0n) is 32.7. The van der Waals surface area contributed by atoms with Gasteiger partial charge in [0.25, 0.3) is 0 Å². The third kappa shape index (κ3) is 6.00. The van der Waals surface area contributed by atoms with Gasteiger partial charge in [0.1, 0.15) is 22.3 Å². The molecular formula is C55H34N4O2. The zero-order chi connectivity index (χ0) is 40.3. The van der Waals surface area contributed by atoms with Crippen LogP contribution in [0.4, 0.5) is 17.1 Å². The van der Waals surface area contributed by atoms with E-state index in [9.17, 15) is 0 Å². The van der Waals surface area contributed by atoms with Crippen LogP contribution in [0.25, 0.3) is 99.9 Å². The molecule has 0 aliphatic rings. The summed E-state index contributed by atoms with van der Waals surface area (Å²) in [4.78, 5) is 18.0. The van der Waals surface area contributed by atoms with E-state index in [0.717, 1.165) is 99.5 Å². The number of para-hydroxylation sites is 3. The fraction of sp³-hybridized carbons (Fsp3) is 0. The first-order valence-electron chi connectivity index (χ1n) is 20.3. The van der Waals surface area contributed by atoms with Crippen LogP contribution in [0.2, 0.25) is 0 Å². The van der Waals surface area contributed by atoms with Crippen LogP contribution < -0.4 is 4.90 Å². The van der Waals surface area contributed by atoms with E-state index in [2.05, 4.69) is 157 Å². The molecule has 3 heterocycles. The highest BCUT2D eigenvalue weighted by atomic mass is 16.3. The van der Waals surface area contributed by atoms with E-state index in [1.807, 2.05) is 54.6 Å². The fourth-order valence-electron chi connectivity index (χ4n) is 8.65. The van der Waals surface area contributed by atoms with E-state index in [0.29, 0.717) is 17.5 Å². The average Bonchev–Trinajstić information content (AvgIpc) is 3.90. The van der Waals surface area contributed by atoms with Crippen LogP contribution in [-0.4, -0.2) is 15.0 Å². The molecule has 0 atom stereocenters. The molecule has 6 nitrogen and oxygen atoms in total. The summed E-state index contributed by atoms with van der Waals surface area (Å²) in [6.45, 7) is 0. The van der Waals surface area contributed by atoms with Crippen LogP contribution in [0, 0.1) is 0 Å². The molecule has 3 aromatic heterocycles. The molecule has 0 bridgehead atoms. The lowest BCUT2D eigenvalue weighted by atomic mass is 10.0. The SMILES string of the molecule is c1ccc(N(c2ccccc2)c2cccc(-c3ccc4c(c3)oc3cccc(-c5nc(-c6ccc7ccccc7c6)nc(-c6cccc7oc8ccccc8c67)n5)c34)c2)cc1. The topological polar surface area (TPSA) is 68.2 Å². The number of anilines is 3. The maximum Gasteiger partial charge on any atom is 0.164 e. The van der Waals surface area contributed by atoms with Crippen LogP contribution in [0.3, 0.4) is 0 Å². The molecule has 0 unspecified atom stereocenters. The van der Waals surface area contributed by atoms with E-state index >= 15 is 0 Å². The minimum Gasteiger partial charge on any atom is -0.456 e. The molecule has 61 heavy (non-hydrogen) atoms. The van der Waals surface area contributed by atoms with E-state index in [-0.39, 0.29) is 0 Å². The van der Waals surface area contributed by atoms with Crippen LogP contribution in [-0.2, 0) is 0 Å². The number of aromatic nitrogens is 3. The van der Waals surface area contributed by atoms with Gasteiger partial charge in [-0.1, -0.05) is 133 Å². The van der Waals surface area contributed by atoms with Crippen LogP contribution in [0.15, 0.2) is 215 Å². The van der Waals surface area contributed by atoms with E-state index in [1.54, 1.807) is 0 Å². The van der Waals surface area contributed by atoms with Crippen molar-refractivity contribution < 1.29 is 8.83 Å². The van der Waals surface area contributed by atoms with Gasteiger partial charge in [0.15, 0.2) is 17.5 Å². The van der Waals surface area contributed by atoms with Gasteiger partial charge in [-0.2, -0.15) is 0 Å². The molecular weight excluding hydrogens is 749 g/mol. The lowest BCUT2D eigenvalue weighted by Gasteiger charge is -2.25. The summed E-state index contributed by atoms with van der Waals surface area (Å²) in [5, 5.41) is 6.19. The number of hydrogen-bond donors (Lipinski definition) is 0. The van der Waals surface area contributed by atoms with Crippen molar-refractivity contribution in [2.75, 3.05) is 4.90 Å². The molecule has 12 aromatic rings. The summed E-state index contributed by atoms with van der Waals surface area (Å²) in [6.07, 6.45) is 0. The lowest BCUT2D eigenvalue weighted by Crippen LogP contribution is -2.09. The highest BCUT2D eigenvalue weighted by Gasteiger charge is 2.21. The minimum atomic E-state index is 0.560. The Labute approximate surface area is 350 Å². The number of fused-ring (bicyclic) bond motifs is 7. The third-order valence-electron chi connectivity index (χ3n) is 11.5. The smallest absolute Gasteiger partial charge is 0.164 e. The Morgan fingerprint density at radius 1 is 0.311 bits per heavy atom.